The lowest BCUT2D eigenvalue weighted by molar-refractivity contribution is -0.145. The number of carbonyl (C=O) groups excluding carboxylic acids is 1. The van der Waals surface area contributed by atoms with Crippen LogP contribution < -0.4 is 5.19 Å². The van der Waals surface area contributed by atoms with Gasteiger partial charge in [-0.25, -0.2) is 0 Å². The van der Waals surface area contributed by atoms with Gasteiger partial charge in [-0.1, -0.05) is 119 Å². The third kappa shape index (κ3) is 6.20. The summed E-state index contributed by atoms with van der Waals surface area (Å²) in [6.45, 7) is 4.59. The van der Waals surface area contributed by atoms with Gasteiger partial charge in [0, 0.05) is 0 Å². The number of hydrogen-bond donors (Lipinski definition) is 0. The number of ether oxygens (including phenoxy) is 1. The summed E-state index contributed by atoms with van der Waals surface area (Å²) in [7, 11) is -0.0981. The minimum absolute atomic E-state index is 0.0235. The molecule has 0 aromatic heterocycles. The van der Waals surface area contributed by atoms with Crippen molar-refractivity contribution < 1.29 is 9.53 Å². The average Bonchev–Trinajstić information content (AvgIpc) is 3.23. The van der Waals surface area contributed by atoms with Gasteiger partial charge in [0.15, 0.2) is 0 Å². The number of carbonyl (C=O) groups is 1. The van der Waals surface area contributed by atoms with Crippen LogP contribution in [0.15, 0.2) is 30.3 Å². The number of methoxy groups -OCH3 is 1. The number of unbranched alkanes of at least 4 members (excludes halogenated alkanes) is 6. The van der Waals surface area contributed by atoms with Crippen LogP contribution in [0, 0.1) is 5.92 Å². The molecule has 0 spiro atoms. The van der Waals surface area contributed by atoms with Crippen LogP contribution in [0.4, 0.5) is 0 Å². The van der Waals surface area contributed by atoms with Gasteiger partial charge in [0.2, 0.25) is 0 Å². The number of rotatable bonds is 13. The van der Waals surface area contributed by atoms with E-state index in [0.29, 0.717) is 0 Å². The maximum atomic E-state index is 12.2. The predicted octanol–water partition coefficient (Wildman–Crippen LogP) is 6.85. The molecule has 1 aliphatic carbocycles. The first-order valence-electron chi connectivity index (χ1n) is 11.8. The van der Waals surface area contributed by atoms with Gasteiger partial charge in [-0.05, 0) is 18.4 Å². The molecule has 1 aliphatic rings. The van der Waals surface area contributed by atoms with Crippen LogP contribution in [-0.4, -0.2) is 21.2 Å². The summed E-state index contributed by atoms with van der Waals surface area (Å²) >= 11 is 0. The number of benzene rings is 1. The monoisotopic (exact) mass is 402 g/mol. The smallest absolute Gasteiger partial charge is 0.308 e. The Hall–Kier alpha value is -1.09. The molecule has 3 heteroatoms. The molecule has 0 N–H and O–H groups in total. The second-order valence-corrected chi connectivity index (χ2v) is 13.6. The zero-order valence-electron chi connectivity index (χ0n) is 18.6. The van der Waals surface area contributed by atoms with Crippen molar-refractivity contribution in [3.8, 4) is 0 Å². The van der Waals surface area contributed by atoms with E-state index in [9.17, 15) is 4.79 Å². The first kappa shape index (κ1) is 23.2. The van der Waals surface area contributed by atoms with Gasteiger partial charge in [-0.3, -0.25) is 4.79 Å². The van der Waals surface area contributed by atoms with Crippen molar-refractivity contribution in [2.24, 2.45) is 5.92 Å². The van der Waals surface area contributed by atoms with Gasteiger partial charge in [0.25, 0.3) is 0 Å². The maximum absolute atomic E-state index is 12.2. The van der Waals surface area contributed by atoms with Crippen LogP contribution in [0.3, 0.4) is 0 Å². The third-order valence-corrected chi connectivity index (χ3v) is 13.1. The lowest BCUT2D eigenvalue weighted by Gasteiger charge is -2.39. The fourth-order valence-corrected chi connectivity index (χ4v) is 11.6. The van der Waals surface area contributed by atoms with Crippen molar-refractivity contribution in [2.45, 2.75) is 102 Å². The molecule has 2 nitrogen and oxygen atoms in total. The van der Waals surface area contributed by atoms with Crippen LogP contribution >= 0.6 is 0 Å². The van der Waals surface area contributed by atoms with E-state index < -0.39 is 8.07 Å². The van der Waals surface area contributed by atoms with Crippen molar-refractivity contribution in [1.82, 2.24) is 0 Å². The second-order valence-electron chi connectivity index (χ2n) is 8.87. The summed E-state index contributed by atoms with van der Waals surface area (Å²) in [6, 6.07) is 14.3. The van der Waals surface area contributed by atoms with Crippen LogP contribution in [0.25, 0.3) is 0 Å². The molecule has 1 aromatic carbocycles. The standard InChI is InChI=1S/C25H42O2Si/c1-4-6-8-13-19-28(20-14-9-7-5-2,23-15-11-10-12-16-23)24-18-17-22(21-24)25(26)27-3/h10-12,15-16,22,24H,4-9,13-14,17-21H2,1-3H3/t22-,24-/m0/s1. The molecule has 0 saturated heterocycles. The minimum Gasteiger partial charge on any atom is -0.469 e. The highest BCUT2D eigenvalue weighted by Crippen LogP contribution is 2.47. The van der Waals surface area contributed by atoms with Crippen molar-refractivity contribution in [3.05, 3.63) is 30.3 Å². The largest absolute Gasteiger partial charge is 0.469 e. The zero-order chi connectivity index (χ0) is 20.2. The normalized spacial score (nSPS) is 19.7. The first-order chi connectivity index (χ1) is 13.7. The van der Waals surface area contributed by atoms with E-state index in [4.69, 9.17) is 4.74 Å². The van der Waals surface area contributed by atoms with E-state index in [1.54, 1.807) is 12.3 Å². The molecule has 1 fully saturated rings. The van der Waals surface area contributed by atoms with Crippen molar-refractivity contribution >= 4 is 19.2 Å². The highest BCUT2D eigenvalue weighted by Gasteiger charge is 2.46. The van der Waals surface area contributed by atoms with Crippen LogP contribution in [0.2, 0.25) is 17.6 Å². The van der Waals surface area contributed by atoms with Crippen LogP contribution in [-0.2, 0) is 9.53 Å². The fraction of sp³-hybridized carbons (Fsp3) is 0.720. The summed E-state index contributed by atoms with van der Waals surface area (Å²) in [5, 5.41) is 1.65. The van der Waals surface area contributed by atoms with Gasteiger partial charge in [0.05, 0.1) is 21.1 Å². The summed E-state index contributed by atoms with van der Waals surface area (Å²) < 4.78 is 5.10. The number of hydrogen-bond acceptors (Lipinski definition) is 2. The molecule has 0 unspecified atom stereocenters. The Morgan fingerprint density at radius 3 is 2.07 bits per heavy atom. The minimum atomic E-state index is -1.65. The van der Waals surface area contributed by atoms with Gasteiger partial charge < -0.3 is 4.74 Å². The van der Waals surface area contributed by atoms with Crippen molar-refractivity contribution in [3.63, 3.8) is 0 Å². The number of esters is 1. The van der Waals surface area contributed by atoms with E-state index in [1.165, 1.54) is 69.9 Å². The molecule has 1 aromatic rings. The molecule has 158 valence electrons. The summed E-state index contributed by atoms with van der Waals surface area (Å²) in [6.07, 6.45) is 14.1. The SMILES string of the molecule is CCCCCC[Si](CCCCCC)(c1ccccc1)[C@H]1CC[C@H](C(=O)OC)C1. The third-order valence-electron chi connectivity index (χ3n) is 7.05. The Morgan fingerprint density at radius 1 is 0.929 bits per heavy atom. The Balaban J connectivity index is 2.25. The lowest BCUT2D eigenvalue weighted by atomic mass is 10.1. The first-order valence-corrected chi connectivity index (χ1v) is 14.3. The molecule has 2 atom stereocenters. The van der Waals surface area contributed by atoms with Crippen LogP contribution in [0.5, 0.6) is 0 Å². The molecule has 0 bridgehead atoms. The fourth-order valence-electron chi connectivity index (χ4n) is 5.43. The molecule has 28 heavy (non-hydrogen) atoms. The second kappa shape index (κ2) is 12.5. The molecular weight excluding hydrogens is 360 g/mol. The molecule has 0 aliphatic heterocycles. The average molecular weight is 403 g/mol. The molecule has 0 amide bonds. The highest BCUT2D eigenvalue weighted by atomic mass is 28.3. The Labute approximate surface area is 174 Å². The van der Waals surface area contributed by atoms with E-state index in [0.717, 1.165) is 18.4 Å². The van der Waals surface area contributed by atoms with Crippen LogP contribution in [0.1, 0.15) is 84.5 Å². The van der Waals surface area contributed by atoms with Gasteiger partial charge in [0.1, 0.15) is 0 Å². The predicted molar refractivity (Wildman–Crippen MR) is 123 cm³/mol. The molecule has 2 rings (SSSR count). The molecule has 1 saturated carbocycles. The molecular formula is C25H42O2Si. The molecule has 0 radical (unpaired) electrons. The van der Waals surface area contributed by atoms with Crippen molar-refractivity contribution in [1.29, 1.82) is 0 Å². The Morgan fingerprint density at radius 2 is 1.54 bits per heavy atom. The van der Waals surface area contributed by atoms with Gasteiger partial charge in [-0.15, -0.1) is 0 Å². The zero-order valence-corrected chi connectivity index (χ0v) is 19.6. The summed E-state index contributed by atoms with van der Waals surface area (Å²) in [5.74, 6) is 0.160. The summed E-state index contributed by atoms with van der Waals surface area (Å²) in [5.41, 5.74) is 0.738. The molecule has 0 heterocycles. The van der Waals surface area contributed by atoms with E-state index in [1.807, 2.05) is 0 Å². The topological polar surface area (TPSA) is 26.3 Å². The highest BCUT2D eigenvalue weighted by molar-refractivity contribution is 6.93. The maximum Gasteiger partial charge on any atom is 0.308 e. The Bertz CT molecular complexity index is 545. The van der Waals surface area contributed by atoms with Crippen molar-refractivity contribution in [2.75, 3.05) is 7.11 Å². The summed E-state index contributed by atoms with van der Waals surface area (Å²) in [4.78, 5) is 12.2. The van der Waals surface area contributed by atoms with E-state index >= 15 is 0 Å². The Kier molecular flexibility index (Phi) is 10.3. The van der Waals surface area contributed by atoms with Gasteiger partial charge >= 0.3 is 5.97 Å². The lowest BCUT2D eigenvalue weighted by Crippen LogP contribution is -2.51. The van der Waals surface area contributed by atoms with E-state index in [-0.39, 0.29) is 11.9 Å². The van der Waals surface area contributed by atoms with Gasteiger partial charge in [-0.2, -0.15) is 0 Å². The quantitative estimate of drug-likeness (QED) is 0.205. The van der Waals surface area contributed by atoms with E-state index in [2.05, 4.69) is 44.2 Å².